The van der Waals surface area contributed by atoms with E-state index in [-0.39, 0.29) is 31.9 Å². The van der Waals surface area contributed by atoms with E-state index in [1.54, 1.807) is 0 Å². The highest BCUT2D eigenvalue weighted by Crippen LogP contribution is 2.42. The number of rotatable bonds is 5. The quantitative estimate of drug-likeness (QED) is 0.547. The van der Waals surface area contributed by atoms with Crippen LogP contribution in [-0.4, -0.2) is 25.3 Å². The van der Waals surface area contributed by atoms with Crippen LogP contribution < -0.4 is 4.74 Å². The van der Waals surface area contributed by atoms with Crippen molar-refractivity contribution in [3.05, 3.63) is 45.8 Å². The van der Waals surface area contributed by atoms with Gasteiger partial charge >= 0.3 is 0 Å². The van der Waals surface area contributed by atoms with Crippen LogP contribution >= 0.6 is 34.5 Å². The fourth-order valence-electron chi connectivity index (χ4n) is 2.58. The highest BCUT2D eigenvalue weighted by atomic mass is 35.5. The summed E-state index contributed by atoms with van der Waals surface area (Å²) < 4.78 is 33.8. The molecule has 0 aliphatic carbocycles. The zero-order chi connectivity index (χ0) is 19.1. The molecule has 0 saturated heterocycles. The van der Waals surface area contributed by atoms with Crippen LogP contribution in [0.15, 0.2) is 45.6 Å². The molecule has 2 aromatic heterocycles. The van der Waals surface area contributed by atoms with Gasteiger partial charge in [-0.05, 0) is 43.5 Å². The van der Waals surface area contributed by atoms with Gasteiger partial charge in [0.05, 0.1) is 17.6 Å². The van der Waals surface area contributed by atoms with Crippen LogP contribution in [0.1, 0.15) is 19.9 Å². The number of hydrogen-bond donors (Lipinski definition) is 0. The lowest BCUT2D eigenvalue weighted by Gasteiger charge is -2.13. The molecule has 9 heteroatoms. The van der Waals surface area contributed by atoms with Crippen LogP contribution in [0.4, 0.5) is 0 Å². The van der Waals surface area contributed by atoms with E-state index in [1.807, 2.05) is 31.4 Å². The van der Waals surface area contributed by atoms with Gasteiger partial charge < -0.3 is 4.74 Å². The summed E-state index contributed by atoms with van der Waals surface area (Å²) in [7, 11) is -2.48. The van der Waals surface area contributed by atoms with E-state index >= 15 is 0 Å². The van der Waals surface area contributed by atoms with Gasteiger partial charge in [0, 0.05) is 21.0 Å². The zero-order valence-electron chi connectivity index (χ0n) is 14.2. The Bertz CT molecular complexity index is 1020. The molecule has 3 rings (SSSR count). The van der Waals surface area contributed by atoms with E-state index in [2.05, 4.69) is 5.10 Å². The van der Waals surface area contributed by atoms with Gasteiger partial charge in [-0.3, -0.25) is 0 Å². The second kappa shape index (κ2) is 7.23. The molecule has 1 aromatic carbocycles. The van der Waals surface area contributed by atoms with Crippen LogP contribution in [0.2, 0.25) is 10.0 Å². The summed E-state index contributed by atoms with van der Waals surface area (Å²) in [4.78, 5) is 0.762. The number of halogens is 2. The van der Waals surface area contributed by atoms with Crippen LogP contribution in [0.5, 0.6) is 5.88 Å². The Morgan fingerprint density at radius 3 is 2.35 bits per heavy atom. The van der Waals surface area contributed by atoms with Gasteiger partial charge in [-0.15, -0.1) is 16.4 Å². The maximum atomic E-state index is 13.5. The lowest BCUT2D eigenvalue weighted by atomic mass is 10.3. The lowest BCUT2D eigenvalue weighted by Crippen LogP contribution is -2.14. The largest absolute Gasteiger partial charge is 0.479 e. The number of nitrogens with zero attached hydrogens (tertiary/aromatic N) is 2. The summed E-state index contributed by atoms with van der Waals surface area (Å²) in [6.45, 7) is 3.71. The molecule has 0 spiro atoms. The number of sulfone groups is 1. The standard InChI is InChI=1S/C17H16Cl2N2O3S2/c1-10(2)21-17(15(16(20-21)24-3)14-5-4-6-25-14)26(22,23)13-8-11(18)7-12(19)9-13/h4-10H,1-3H3. The fraction of sp³-hybridized carbons (Fsp3) is 0.235. The maximum Gasteiger partial charge on any atom is 0.242 e. The van der Waals surface area contributed by atoms with Crippen LogP contribution in [0, 0.1) is 0 Å². The van der Waals surface area contributed by atoms with Gasteiger partial charge in [0.25, 0.3) is 0 Å². The first kappa shape index (κ1) is 19.2. The van der Waals surface area contributed by atoms with Gasteiger partial charge in [-0.2, -0.15) is 0 Å². The Hall–Kier alpha value is -1.54. The number of methoxy groups -OCH3 is 1. The highest BCUT2D eigenvalue weighted by molar-refractivity contribution is 7.91. The highest BCUT2D eigenvalue weighted by Gasteiger charge is 2.33. The molecule has 0 N–H and O–H groups in total. The third kappa shape index (κ3) is 3.36. The van der Waals surface area contributed by atoms with Crippen molar-refractivity contribution in [2.45, 2.75) is 29.8 Å². The second-order valence-corrected chi connectivity index (χ2v) is 9.50. The smallest absolute Gasteiger partial charge is 0.242 e. The Balaban J connectivity index is 2.37. The van der Waals surface area contributed by atoms with E-state index in [1.165, 1.54) is 41.3 Å². The van der Waals surface area contributed by atoms with Crippen molar-refractivity contribution in [2.24, 2.45) is 0 Å². The topological polar surface area (TPSA) is 61.2 Å². The van der Waals surface area contributed by atoms with Gasteiger partial charge in [0.15, 0.2) is 5.03 Å². The summed E-state index contributed by atoms with van der Waals surface area (Å²) in [6.07, 6.45) is 0. The number of aromatic nitrogens is 2. The minimum Gasteiger partial charge on any atom is -0.479 e. The number of ether oxygens (including phenoxy) is 1. The zero-order valence-corrected chi connectivity index (χ0v) is 17.4. The molecule has 2 heterocycles. The first-order valence-electron chi connectivity index (χ1n) is 7.67. The minimum atomic E-state index is -3.95. The summed E-state index contributed by atoms with van der Waals surface area (Å²) in [5.74, 6) is 0.257. The molecule has 0 fully saturated rings. The summed E-state index contributed by atoms with van der Waals surface area (Å²) >= 11 is 13.5. The average Bonchev–Trinajstić information content (AvgIpc) is 3.20. The van der Waals surface area contributed by atoms with Crippen LogP contribution in [0.3, 0.4) is 0 Å². The van der Waals surface area contributed by atoms with E-state index < -0.39 is 9.84 Å². The van der Waals surface area contributed by atoms with E-state index in [0.29, 0.717) is 5.56 Å². The molecular formula is C17H16Cl2N2O3S2. The Morgan fingerprint density at radius 1 is 1.19 bits per heavy atom. The van der Waals surface area contributed by atoms with Gasteiger partial charge in [-0.1, -0.05) is 29.3 Å². The molecule has 0 aliphatic rings. The SMILES string of the molecule is COc1nn(C(C)C)c(S(=O)(=O)c2cc(Cl)cc(Cl)c2)c1-c1cccs1. The Labute approximate surface area is 166 Å². The first-order chi connectivity index (χ1) is 12.3. The Morgan fingerprint density at radius 2 is 1.85 bits per heavy atom. The van der Waals surface area contributed by atoms with E-state index in [9.17, 15) is 8.42 Å². The molecular weight excluding hydrogens is 415 g/mol. The number of thiophene rings is 1. The maximum absolute atomic E-state index is 13.5. The van der Waals surface area contributed by atoms with Gasteiger partial charge in [0.2, 0.25) is 15.7 Å². The predicted octanol–water partition coefficient (Wildman–Crippen LogP) is 5.34. The van der Waals surface area contributed by atoms with Crippen molar-refractivity contribution in [2.75, 3.05) is 7.11 Å². The molecule has 26 heavy (non-hydrogen) atoms. The summed E-state index contributed by atoms with van der Waals surface area (Å²) in [5.41, 5.74) is 0.437. The molecule has 0 amide bonds. The lowest BCUT2D eigenvalue weighted by molar-refractivity contribution is 0.380. The monoisotopic (exact) mass is 430 g/mol. The van der Waals surface area contributed by atoms with Crippen molar-refractivity contribution in [3.63, 3.8) is 0 Å². The molecule has 0 unspecified atom stereocenters. The molecule has 0 bridgehead atoms. The minimum absolute atomic E-state index is 0.0114. The van der Waals surface area contributed by atoms with E-state index in [4.69, 9.17) is 27.9 Å². The third-order valence-electron chi connectivity index (χ3n) is 3.69. The summed E-state index contributed by atoms with van der Waals surface area (Å²) in [6, 6.07) is 7.73. The average molecular weight is 431 g/mol. The van der Waals surface area contributed by atoms with Gasteiger partial charge in [0.1, 0.15) is 0 Å². The third-order valence-corrected chi connectivity index (χ3v) is 6.77. The van der Waals surface area contributed by atoms with Gasteiger partial charge in [-0.25, -0.2) is 13.1 Å². The molecule has 0 aliphatic heterocycles. The van der Waals surface area contributed by atoms with Crippen LogP contribution in [-0.2, 0) is 9.84 Å². The normalized spacial score (nSPS) is 11.9. The molecule has 3 aromatic rings. The fourth-order valence-corrected chi connectivity index (χ4v) is 5.81. The second-order valence-electron chi connectivity index (χ2n) is 5.81. The molecule has 0 atom stereocenters. The molecule has 138 valence electrons. The van der Waals surface area contributed by atoms with Crippen molar-refractivity contribution in [1.29, 1.82) is 0 Å². The number of benzene rings is 1. The number of hydrogen-bond acceptors (Lipinski definition) is 5. The molecule has 0 saturated carbocycles. The summed E-state index contributed by atoms with van der Waals surface area (Å²) in [5, 5.41) is 6.80. The van der Waals surface area contributed by atoms with Crippen molar-refractivity contribution < 1.29 is 13.2 Å². The molecule has 0 radical (unpaired) electrons. The molecule has 5 nitrogen and oxygen atoms in total. The van der Waals surface area contributed by atoms with Crippen LogP contribution in [0.25, 0.3) is 10.4 Å². The first-order valence-corrected chi connectivity index (χ1v) is 10.8. The van der Waals surface area contributed by atoms with Crippen molar-refractivity contribution in [1.82, 2.24) is 9.78 Å². The Kier molecular flexibility index (Phi) is 5.35. The van der Waals surface area contributed by atoms with Crippen molar-refractivity contribution in [3.8, 4) is 16.3 Å². The van der Waals surface area contributed by atoms with E-state index in [0.717, 1.165) is 4.88 Å². The van der Waals surface area contributed by atoms with Crippen molar-refractivity contribution >= 4 is 44.4 Å². The predicted molar refractivity (Wildman–Crippen MR) is 104 cm³/mol.